The second-order valence-corrected chi connectivity index (χ2v) is 5.80. The third-order valence-electron chi connectivity index (χ3n) is 2.06. The molecule has 1 aromatic rings. The number of halogens is 1. The van der Waals surface area contributed by atoms with E-state index >= 15 is 0 Å². The van der Waals surface area contributed by atoms with Gasteiger partial charge in [-0.2, -0.15) is 5.10 Å². The molecule has 7 heteroatoms. The van der Waals surface area contributed by atoms with Crippen LogP contribution in [0.1, 0.15) is 26.0 Å². The standard InChI is InChI=1S/C9H15ClN2O3S/c1-3-5-15-7-8-9(16(10,13)14)6-11-12(8)4-2/h6H,3-5,7H2,1-2H3. The van der Waals surface area contributed by atoms with Crippen LogP contribution in [0.2, 0.25) is 0 Å². The van der Waals surface area contributed by atoms with E-state index in [1.165, 1.54) is 6.20 Å². The van der Waals surface area contributed by atoms with Crippen LogP contribution in [0.3, 0.4) is 0 Å². The molecule has 1 heterocycles. The first-order chi connectivity index (χ1) is 7.50. The molecular weight excluding hydrogens is 252 g/mol. The van der Waals surface area contributed by atoms with Gasteiger partial charge >= 0.3 is 0 Å². The quantitative estimate of drug-likeness (QED) is 0.581. The maximum Gasteiger partial charge on any atom is 0.264 e. The second kappa shape index (κ2) is 5.65. The number of ether oxygens (including phenoxy) is 1. The monoisotopic (exact) mass is 266 g/mol. The van der Waals surface area contributed by atoms with Crippen LogP contribution in [-0.4, -0.2) is 24.8 Å². The lowest BCUT2D eigenvalue weighted by Gasteiger charge is -2.06. The van der Waals surface area contributed by atoms with Gasteiger partial charge in [-0.25, -0.2) is 8.42 Å². The molecule has 0 aliphatic rings. The molecule has 0 radical (unpaired) electrons. The van der Waals surface area contributed by atoms with Crippen LogP contribution in [0.4, 0.5) is 0 Å². The number of hydrogen-bond acceptors (Lipinski definition) is 4. The Morgan fingerprint density at radius 3 is 2.69 bits per heavy atom. The summed E-state index contributed by atoms with van der Waals surface area (Å²) in [5, 5.41) is 3.95. The predicted octanol–water partition coefficient (Wildman–Crippen LogP) is 1.76. The van der Waals surface area contributed by atoms with Gasteiger partial charge in [-0.15, -0.1) is 0 Å². The third-order valence-corrected chi connectivity index (χ3v) is 3.42. The summed E-state index contributed by atoms with van der Waals surface area (Å²) in [5.74, 6) is 0. The summed E-state index contributed by atoms with van der Waals surface area (Å²) >= 11 is 0. The van der Waals surface area contributed by atoms with Crippen LogP contribution in [0, 0.1) is 0 Å². The maximum atomic E-state index is 11.3. The molecule has 0 aromatic carbocycles. The highest BCUT2D eigenvalue weighted by Gasteiger charge is 2.20. The highest BCUT2D eigenvalue weighted by Crippen LogP contribution is 2.20. The van der Waals surface area contributed by atoms with Crippen LogP contribution in [0.15, 0.2) is 11.1 Å². The van der Waals surface area contributed by atoms with Crippen LogP contribution in [-0.2, 0) is 26.9 Å². The normalized spacial score (nSPS) is 11.9. The van der Waals surface area contributed by atoms with Gasteiger partial charge in [-0.05, 0) is 13.3 Å². The first-order valence-electron chi connectivity index (χ1n) is 5.07. The summed E-state index contributed by atoms with van der Waals surface area (Å²) in [6.45, 7) is 5.23. The Labute approximate surface area is 99.8 Å². The molecule has 0 unspecified atom stereocenters. The number of nitrogens with zero attached hydrogens (tertiary/aromatic N) is 2. The average Bonchev–Trinajstić information content (AvgIpc) is 2.60. The molecule has 0 aliphatic carbocycles. The van der Waals surface area contributed by atoms with Crippen molar-refractivity contribution in [2.45, 2.75) is 38.3 Å². The molecule has 0 bridgehead atoms. The minimum Gasteiger partial charge on any atom is -0.375 e. The van der Waals surface area contributed by atoms with E-state index in [9.17, 15) is 8.42 Å². The van der Waals surface area contributed by atoms with Crippen LogP contribution < -0.4 is 0 Å². The zero-order valence-electron chi connectivity index (χ0n) is 9.31. The smallest absolute Gasteiger partial charge is 0.264 e. The Hall–Kier alpha value is -0.590. The van der Waals surface area contributed by atoms with Crippen molar-refractivity contribution in [2.24, 2.45) is 0 Å². The maximum absolute atomic E-state index is 11.3. The summed E-state index contributed by atoms with van der Waals surface area (Å²) in [5.41, 5.74) is 0.506. The molecule has 0 amide bonds. The molecular formula is C9H15ClN2O3S. The number of aromatic nitrogens is 2. The van der Waals surface area contributed by atoms with E-state index < -0.39 is 9.05 Å². The summed E-state index contributed by atoms with van der Waals surface area (Å²) in [7, 11) is 1.56. The van der Waals surface area contributed by atoms with Crippen LogP contribution in [0.25, 0.3) is 0 Å². The molecule has 0 fully saturated rings. The fourth-order valence-corrected chi connectivity index (χ4v) is 2.33. The largest absolute Gasteiger partial charge is 0.375 e. The van der Waals surface area contributed by atoms with Crippen molar-refractivity contribution in [3.8, 4) is 0 Å². The second-order valence-electron chi connectivity index (χ2n) is 3.26. The summed E-state index contributed by atoms with van der Waals surface area (Å²) in [6.07, 6.45) is 2.14. The Balaban J connectivity index is 2.97. The van der Waals surface area contributed by atoms with Crippen molar-refractivity contribution in [3.05, 3.63) is 11.9 Å². The Morgan fingerprint density at radius 1 is 1.50 bits per heavy atom. The highest BCUT2D eigenvalue weighted by atomic mass is 35.7. The lowest BCUT2D eigenvalue weighted by molar-refractivity contribution is 0.114. The summed E-state index contributed by atoms with van der Waals surface area (Å²) < 4.78 is 29.4. The first kappa shape index (κ1) is 13.5. The minimum absolute atomic E-state index is 0.0344. The Kier molecular flexibility index (Phi) is 4.76. The molecule has 92 valence electrons. The van der Waals surface area contributed by atoms with E-state index in [4.69, 9.17) is 15.4 Å². The van der Waals surface area contributed by atoms with E-state index in [0.29, 0.717) is 18.8 Å². The van der Waals surface area contributed by atoms with Crippen LogP contribution in [0.5, 0.6) is 0 Å². The van der Waals surface area contributed by atoms with Crippen LogP contribution >= 0.6 is 10.7 Å². The van der Waals surface area contributed by atoms with E-state index in [1.54, 1.807) is 4.68 Å². The minimum atomic E-state index is -3.75. The molecule has 1 aromatic heterocycles. The van der Waals surface area contributed by atoms with Gasteiger partial charge in [0, 0.05) is 23.8 Å². The van der Waals surface area contributed by atoms with Gasteiger partial charge in [0.2, 0.25) is 0 Å². The van der Waals surface area contributed by atoms with Gasteiger partial charge in [0.05, 0.1) is 18.5 Å². The number of rotatable bonds is 6. The summed E-state index contributed by atoms with van der Waals surface area (Å²) in [4.78, 5) is 0.0344. The molecule has 0 atom stereocenters. The van der Waals surface area contributed by atoms with Gasteiger partial charge in [0.1, 0.15) is 4.90 Å². The van der Waals surface area contributed by atoms with Gasteiger partial charge in [0.15, 0.2) is 0 Å². The Bertz CT molecular complexity index is 442. The Morgan fingerprint density at radius 2 is 2.19 bits per heavy atom. The van der Waals surface area contributed by atoms with Crippen molar-refractivity contribution in [3.63, 3.8) is 0 Å². The van der Waals surface area contributed by atoms with Crippen molar-refractivity contribution in [2.75, 3.05) is 6.61 Å². The van der Waals surface area contributed by atoms with Gasteiger partial charge in [-0.3, -0.25) is 4.68 Å². The lowest BCUT2D eigenvalue weighted by Crippen LogP contribution is -2.07. The number of aryl methyl sites for hydroxylation is 1. The molecule has 16 heavy (non-hydrogen) atoms. The molecule has 0 N–H and O–H groups in total. The molecule has 5 nitrogen and oxygen atoms in total. The molecule has 0 saturated carbocycles. The fraction of sp³-hybridized carbons (Fsp3) is 0.667. The van der Waals surface area contributed by atoms with Gasteiger partial charge in [-0.1, -0.05) is 6.92 Å². The fourth-order valence-electron chi connectivity index (χ4n) is 1.33. The van der Waals surface area contributed by atoms with Crippen molar-refractivity contribution in [1.29, 1.82) is 0 Å². The zero-order chi connectivity index (χ0) is 12.2. The highest BCUT2D eigenvalue weighted by molar-refractivity contribution is 8.13. The topological polar surface area (TPSA) is 61.2 Å². The summed E-state index contributed by atoms with van der Waals surface area (Å²) in [6, 6.07) is 0. The molecule has 0 aliphatic heterocycles. The molecule has 0 spiro atoms. The number of hydrogen-bond donors (Lipinski definition) is 0. The SMILES string of the molecule is CCCOCc1c(S(=O)(=O)Cl)cnn1CC. The lowest BCUT2D eigenvalue weighted by atomic mass is 10.4. The van der Waals surface area contributed by atoms with Crippen molar-refractivity contribution >= 4 is 19.7 Å². The molecule has 1 rings (SSSR count). The third kappa shape index (κ3) is 3.20. The zero-order valence-corrected chi connectivity index (χ0v) is 10.9. The van der Waals surface area contributed by atoms with Gasteiger partial charge < -0.3 is 4.74 Å². The van der Waals surface area contributed by atoms with Crippen molar-refractivity contribution in [1.82, 2.24) is 9.78 Å². The van der Waals surface area contributed by atoms with E-state index in [-0.39, 0.29) is 11.5 Å². The average molecular weight is 267 g/mol. The predicted molar refractivity (Wildman–Crippen MR) is 60.9 cm³/mol. The molecule has 0 saturated heterocycles. The van der Waals surface area contributed by atoms with E-state index in [1.807, 2.05) is 13.8 Å². The van der Waals surface area contributed by atoms with E-state index in [0.717, 1.165) is 6.42 Å². The van der Waals surface area contributed by atoms with Crippen molar-refractivity contribution < 1.29 is 13.2 Å². The van der Waals surface area contributed by atoms with Gasteiger partial charge in [0.25, 0.3) is 9.05 Å². The van der Waals surface area contributed by atoms with E-state index in [2.05, 4.69) is 5.10 Å². The first-order valence-corrected chi connectivity index (χ1v) is 7.38.